The van der Waals surface area contributed by atoms with Gasteiger partial charge < -0.3 is 14.2 Å². The van der Waals surface area contributed by atoms with E-state index in [-0.39, 0.29) is 23.6 Å². The maximum absolute atomic E-state index is 13.4. The number of methoxy groups -OCH3 is 1. The van der Waals surface area contributed by atoms with Crippen LogP contribution in [0.2, 0.25) is 10.0 Å². The van der Waals surface area contributed by atoms with Crippen molar-refractivity contribution in [1.82, 2.24) is 0 Å². The molecule has 0 amide bonds. The molecular weight excluding hydrogens is 310 g/mol. The van der Waals surface area contributed by atoms with Crippen LogP contribution in [0.5, 0.6) is 0 Å². The van der Waals surface area contributed by atoms with Gasteiger partial charge in [0.2, 0.25) is 0 Å². The summed E-state index contributed by atoms with van der Waals surface area (Å²) in [6, 6.07) is 4.46. The number of esters is 1. The molecule has 1 aromatic rings. The normalized spacial score (nSPS) is 25.7. The van der Waals surface area contributed by atoms with E-state index in [9.17, 15) is 9.18 Å². The number of benzene rings is 1. The van der Waals surface area contributed by atoms with Gasteiger partial charge in [0.1, 0.15) is 6.61 Å². The van der Waals surface area contributed by atoms with Crippen molar-refractivity contribution in [2.45, 2.75) is 25.0 Å². The van der Waals surface area contributed by atoms with Gasteiger partial charge in [-0.15, -0.1) is 0 Å². The van der Waals surface area contributed by atoms with Gasteiger partial charge in [0.15, 0.2) is 12.5 Å². The predicted molar refractivity (Wildman–Crippen MR) is 71.9 cm³/mol. The van der Waals surface area contributed by atoms with Crippen molar-refractivity contribution in [3.63, 3.8) is 0 Å². The van der Waals surface area contributed by atoms with Crippen LogP contribution in [0, 0.1) is 0 Å². The summed E-state index contributed by atoms with van der Waals surface area (Å²) in [5, 5.41) is 0.627. The molecular formula is C13H13Cl2FO4. The van der Waals surface area contributed by atoms with Crippen LogP contribution in [0.25, 0.3) is 0 Å². The predicted octanol–water partition coefficient (Wildman–Crippen LogP) is 3.25. The molecule has 1 aliphatic heterocycles. The van der Waals surface area contributed by atoms with Gasteiger partial charge >= 0.3 is 5.97 Å². The van der Waals surface area contributed by atoms with E-state index in [4.69, 9.17) is 37.4 Å². The highest BCUT2D eigenvalue weighted by Crippen LogP contribution is 2.25. The summed E-state index contributed by atoms with van der Waals surface area (Å²) in [7, 11) is 1.36. The summed E-state index contributed by atoms with van der Waals surface area (Å²) >= 11 is 11.6. The molecule has 3 unspecified atom stereocenters. The number of rotatable bonds is 4. The Morgan fingerprint density at radius 2 is 2.25 bits per heavy atom. The number of halogens is 3. The maximum Gasteiger partial charge on any atom is 0.339 e. The first-order valence-corrected chi connectivity index (χ1v) is 6.71. The largest absolute Gasteiger partial charge is 0.459 e. The van der Waals surface area contributed by atoms with E-state index in [1.807, 2.05) is 0 Å². The highest BCUT2D eigenvalue weighted by Gasteiger charge is 2.36. The Morgan fingerprint density at radius 3 is 2.85 bits per heavy atom. The number of ether oxygens (including phenoxy) is 3. The standard InChI is InChI=1S/C13H13Cl2FO4/c1-18-13-11(16)5-8(20-13)6-19-12(17)9-3-2-7(14)4-10(9)15/h2-4,8,11,13H,5-6H2,1H3. The smallest absolute Gasteiger partial charge is 0.339 e. The molecule has 1 fully saturated rings. The van der Waals surface area contributed by atoms with Crippen LogP contribution in [0.3, 0.4) is 0 Å². The first-order chi connectivity index (χ1) is 9.51. The van der Waals surface area contributed by atoms with Crippen molar-refractivity contribution in [3.8, 4) is 0 Å². The van der Waals surface area contributed by atoms with Crippen molar-refractivity contribution in [2.75, 3.05) is 13.7 Å². The Morgan fingerprint density at radius 1 is 1.50 bits per heavy atom. The second-order valence-corrected chi connectivity index (χ2v) is 5.18. The molecule has 3 atom stereocenters. The van der Waals surface area contributed by atoms with Crippen LogP contribution in [0.15, 0.2) is 18.2 Å². The minimum absolute atomic E-state index is 0.0575. The van der Waals surface area contributed by atoms with Crippen molar-refractivity contribution in [3.05, 3.63) is 33.8 Å². The van der Waals surface area contributed by atoms with Crippen LogP contribution in [0.1, 0.15) is 16.8 Å². The fraction of sp³-hybridized carbons (Fsp3) is 0.462. The lowest BCUT2D eigenvalue weighted by molar-refractivity contribution is -0.141. The number of carbonyl (C=O) groups is 1. The molecule has 0 saturated carbocycles. The van der Waals surface area contributed by atoms with Crippen molar-refractivity contribution >= 4 is 29.2 Å². The van der Waals surface area contributed by atoms with Gasteiger partial charge in [-0.1, -0.05) is 23.2 Å². The molecule has 0 radical (unpaired) electrons. The van der Waals surface area contributed by atoms with Gasteiger partial charge in [-0.3, -0.25) is 0 Å². The average Bonchev–Trinajstić information content (AvgIpc) is 2.76. The number of hydrogen-bond acceptors (Lipinski definition) is 4. The Bertz CT molecular complexity index is 497. The molecule has 20 heavy (non-hydrogen) atoms. The average molecular weight is 323 g/mol. The first-order valence-electron chi connectivity index (χ1n) is 5.95. The van der Waals surface area contributed by atoms with E-state index in [1.54, 1.807) is 0 Å². The molecule has 7 heteroatoms. The SMILES string of the molecule is COC1OC(COC(=O)c2ccc(Cl)cc2Cl)CC1F. The highest BCUT2D eigenvalue weighted by molar-refractivity contribution is 6.36. The minimum atomic E-state index is -1.22. The fourth-order valence-electron chi connectivity index (χ4n) is 1.90. The fourth-order valence-corrected chi connectivity index (χ4v) is 2.39. The molecule has 1 saturated heterocycles. The van der Waals surface area contributed by atoms with Gasteiger partial charge in [0, 0.05) is 18.6 Å². The Labute approximate surface area is 125 Å². The van der Waals surface area contributed by atoms with Gasteiger partial charge in [0.25, 0.3) is 0 Å². The van der Waals surface area contributed by atoms with E-state index in [2.05, 4.69) is 0 Å². The third-order valence-corrected chi connectivity index (χ3v) is 3.44. The summed E-state index contributed by atoms with van der Waals surface area (Å²) in [5.41, 5.74) is 0.203. The number of hydrogen-bond donors (Lipinski definition) is 0. The number of carbonyl (C=O) groups excluding carboxylic acids is 1. The molecule has 0 N–H and O–H groups in total. The zero-order chi connectivity index (χ0) is 14.7. The van der Waals surface area contributed by atoms with Gasteiger partial charge in [-0.2, -0.15) is 0 Å². The number of alkyl halides is 1. The molecule has 2 rings (SSSR count). The molecule has 4 nitrogen and oxygen atoms in total. The third-order valence-electron chi connectivity index (χ3n) is 2.89. The lowest BCUT2D eigenvalue weighted by atomic mass is 10.2. The minimum Gasteiger partial charge on any atom is -0.459 e. The zero-order valence-electron chi connectivity index (χ0n) is 10.6. The molecule has 1 aliphatic rings. The Kier molecular flexibility index (Phi) is 5.21. The van der Waals surface area contributed by atoms with E-state index in [1.165, 1.54) is 25.3 Å². The van der Waals surface area contributed by atoms with Gasteiger partial charge in [-0.05, 0) is 18.2 Å². The monoisotopic (exact) mass is 322 g/mol. The summed E-state index contributed by atoms with van der Waals surface area (Å²) in [5.74, 6) is -0.605. The lowest BCUT2D eigenvalue weighted by Crippen LogP contribution is -2.21. The Hall–Kier alpha value is -0.880. The van der Waals surface area contributed by atoms with Crippen molar-refractivity contribution in [1.29, 1.82) is 0 Å². The summed E-state index contributed by atoms with van der Waals surface area (Å²) in [4.78, 5) is 11.8. The molecule has 1 aromatic carbocycles. The molecule has 110 valence electrons. The summed E-state index contributed by atoms with van der Waals surface area (Å²) in [6.45, 7) is -0.0575. The maximum atomic E-state index is 13.4. The third kappa shape index (κ3) is 3.61. The van der Waals surface area contributed by atoms with Crippen molar-refractivity contribution in [2.24, 2.45) is 0 Å². The molecule has 0 aromatic heterocycles. The first kappa shape index (κ1) is 15.5. The van der Waals surface area contributed by atoms with Crippen LogP contribution in [-0.4, -0.2) is 38.3 Å². The van der Waals surface area contributed by atoms with E-state index < -0.39 is 24.5 Å². The van der Waals surface area contributed by atoms with Crippen LogP contribution in [0.4, 0.5) is 4.39 Å². The molecule has 0 aliphatic carbocycles. The Balaban J connectivity index is 1.90. The van der Waals surface area contributed by atoms with Gasteiger partial charge in [-0.25, -0.2) is 9.18 Å². The van der Waals surface area contributed by atoms with Crippen LogP contribution < -0.4 is 0 Å². The van der Waals surface area contributed by atoms with Crippen LogP contribution >= 0.6 is 23.2 Å². The van der Waals surface area contributed by atoms with E-state index in [0.29, 0.717) is 5.02 Å². The lowest BCUT2D eigenvalue weighted by Gasteiger charge is -2.13. The van der Waals surface area contributed by atoms with Gasteiger partial charge in [0.05, 0.1) is 16.7 Å². The molecule has 0 bridgehead atoms. The highest BCUT2D eigenvalue weighted by atomic mass is 35.5. The quantitative estimate of drug-likeness (QED) is 0.798. The topological polar surface area (TPSA) is 44.8 Å². The summed E-state index contributed by atoms with van der Waals surface area (Å²) in [6.07, 6.45) is -2.52. The molecule has 1 heterocycles. The van der Waals surface area contributed by atoms with Crippen LogP contribution in [-0.2, 0) is 14.2 Å². The second kappa shape index (κ2) is 6.72. The molecule has 0 spiro atoms. The zero-order valence-corrected chi connectivity index (χ0v) is 12.2. The van der Waals surface area contributed by atoms with E-state index >= 15 is 0 Å². The second-order valence-electron chi connectivity index (χ2n) is 4.34. The van der Waals surface area contributed by atoms with Crippen molar-refractivity contribution < 1.29 is 23.4 Å². The summed E-state index contributed by atoms with van der Waals surface area (Å²) < 4.78 is 28.5. The van der Waals surface area contributed by atoms with E-state index in [0.717, 1.165) is 0 Å².